The molecule has 3 rings (SSSR count). The fraction of sp³-hybridized carbons (Fsp3) is 0.444. The first-order valence-electron chi connectivity index (χ1n) is 8.27. The van der Waals surface area contributed by atoms with Crippen LogP contribution in [0.15, 0.2) is 30.3 Å². The molecule has 6 nitrogen and oxygen atoms in total. The summed E-state index contributed by atoms with van der Waals surface area (Å²) in [5.74, 6) is 0.802. The van der Waals surface area contributed by atoms with E-state index in [0.717, 1.165) is 35.1 Å². The lowest BCUT2D eigenvalue weighted by molar-refractivity contribution is -0.132. The van der Waals surface area contributed by atoms with Crippen LogP contribution in [-0.4, -0.2) is 43.7 Å². The van der Waals surface area contributed by atoms with Gasteiger partial charge in [-0.05, 0) is 30.5 Å². The maximum atomic E-state index is 12.3. The molecule has 1 aliphatic heterocycles. The number of benzene rings is 1. The fourth-order valence-electron chi connectivity index (χ4n) is 2.98. The minimum atomic E-state index is -0.389. The Morgan fingerprint density at radius 3 is 2.88 bits per heavy atom. The lowest BCUT2D eigenvalue weighted by atomic mass is 10.1. The van der Waals surface area contributed by atoms with Crippen LogP contribution in [0.1, 0.15) is 18.4 Å². The normalized spacial score (nSPS) is 20.3. The first-order valence-corrected chi connectivity index (χ1v) is 8.27. The van der Waals surface area contributed by atoms with Crippen LogP contribution in [0.3, 0.4) is 0 Å². The molecule has 1 saturated heterocycles. The summed E-state index contributed by atoms with van der Waals surface area (Å²) in [6.07, 6.45) is 1.19. The number of nitrogens with two attached hydrogens (primary N) is 1. The van der Waals surface area contributed by atoms with Gasteiger partial charge in [-0.25, -0.2) is 4.98 Å². The van der Waals surface area contributed by atoms with E-state index in [4.69, 9.17) is 10.5 Å². The van der Waals surface area contributed by atoms with Gasteiger partial charge in [0.15, 0.2) is 0 Å². The lowest BCUT2D eigenvalue weighted by Crippen LogP contribution is -2.35. The second-order valence-electron chi connectivity index (χ2n) is 6.33. The molecule has 2 atom stereocenters. The molecule has 24 heavy (non-hydrogen) atoms. The van der Waals surface area contributed by atoms with Gasteiger partial charge in [-0.2, -0.15) is 0 Å². The Balaban J connectivity index is 1.76. The molecule has 1 aliphatic rings. The molecule has 1 aromatic carbocycles. The van der Waals surface area contributed by atoms with Gasteiger partial charge in [-0.15, -0.1) is 0 Å². The Kier molecular flexibility index (Phi) is 4.97. The zero-order valence-corrected chi connectivity index (χ0v) is 14.2. The van der Waals surface area contributed by atoms with Crippen LogP contribution in [0, 0.1) is 0 Å². The number of carbonyl (C=O) groups excluding carboxylic acids is 1. The number of hydrogen-bond donors (Lipinski definition) is 2. The molecular weight excluding hydrogens is 304 g/mol. The highest BCUT2D eigenvalue weighted by atomic mass is 16.5. The fourth-order valence-corrected chi connectivity index (χ4v) is 2.98. The number of hydrogen-bond acceptors (Lipinski definition) is 5. The van der Waals surface area contributed by atoms with Crippen LogP contribution in [-0.2, 0) is 16.1 Å². The van der Waals surface area contributed by atoms with E-state index < -0.39 is 0 Å². The van der Waals surface area contributed by atoms with E-state index in [2.05, 4.69) is 10.3 Å². The van der Waals surface area contributed by atoms with Crippen molar-refractivity contribution in [2.24, 2.45) is 5.73 Å². The average molecular weight is 328 g/mol. The Labute approximate surface area is 142 Å². The zero-order valence-electron chi connectivity index (χ0n) is 14.2. The predicted molar refractivity (Wildman–Crippen MR) is 94.9 cm³/mol. The molecular formula is C18H24N4O2. The van der Waals surface area contributed by atoms with E-state index in [1.54, 1.807) is 0 Å². The molecule has 128 valence electrons. The van der Waals surface area contributed by atoms with E-state index in [-0.39, 0.29) is 18.1 Å². The maximum Gasteiger partial charge on any atom is 0.249 e. The summed E-state index contributed by atoms with van der Waals surface area (Å²) in [6.45, 7) is 0.917. The number of aromatic nitrogens is 1. The summed E-state index contributed by atoms with van der Waals surface area (Å²) in [6, 6.07) is 9.98. The second kappa shape index (κ2) is 7.15. The van der Waals surface area contributed by atoms with Gasteiger partial charge < -0.3 is 20.7 Å². The van der Waals surface area contributed by atoms with Crippen molar-refractivity contribution >= 4 is 22.6 Å². The van der Waals surface area contributed by atoms with E-state index in [9.17, 15) is 4.79 Å². The van der Waals surface area contributed by atoms with Crippen LogP contribution in [0.4, 0.5) is 5.82 Å². The number of carbonyl (C=O) groups is 1. The standard InChI is InChI=1S/C18H24N4O2/c1-22(2)17-9-12(14-5-3-4-6-15(14)21-17)11-20-18(23)16-8-7-13(10-19)24-16/h3-6,9,13,16H,7-8,10-11,19H2,1-2H3,(H,20,23)/t13-,16+/m1/s1. The topological polar surface area (TPSA) is 80.5 Å². The minimum absolute atomic E-state index is 0.00264. The lowest BCUT2D eigenvalue weighted by Gasteiger charge is -2.16. The van der Waals surface area contributed by atoms with Gasteiger partial charge in [0, 0.05) is 32.6 Å². The van der Waals surface area contributed by atoms with Crippen molar-refractivity contribution in [2.45, 2.75) is 31.6 Å². The molecule has 3 N–H and O–H groups in total. The maximum absolute atomic E-state index is 12.3. The van der Waals surface area contributed by atoms with Gasteiger partial charge >= 0.3 is 0 Å². The van der Waals surface area contributed by atoms with E-state index in [1.807, 2.05) is 49.3 Å². The first kappa shape index (κ1) is 16.7. The van der Waals surface area contributed by atoms with E-state index >= 15 is 0 Å². The number of nitrogens with zero attached hydrogens (tertiary/aromatic N) is 2. The summed E-state index contributed by atoms with van der Waals surface area (Å²) in [5.41, 5.74) is 7.57. The van der Waals surface area contributed by atoms with E-state index in [0.29, 0.717) is 13.1 Å². The Morgan fingerprint density at radius 1 is 1.38 bits per heavy atom. The molecule has 1 amide bonds. The minimum Gasteiger partial charge on any atom is -0.364 e. The number of ether oxygens (including phenoxy) is 1. The number of anilines is 1. The largest absolute Gasteiger partial charge is 0.364 e. The van der Waals surface area contributed by atoms with Gasteiger partial charge in [0.05, 0.1) is 11.6 Å². The average Bonchev–Trinajstić information content (AvgIpc) is 3.08. The van der Waals surface area contributed by atoms with Crippen molar-refractivity contribution in [3.63, 3.8) is 0 Å². The summed E-state index contributed by atoms with van der Waals surface area (Å²) in [5, 5.41) is 4.04. The highest BCUT2D eigenvalue weighted by Crippen LogP contribution is 2.23. The summed E-state index contributed by atoms with van der Waals surface area (Å²) in [4.78, 5) is 18.9. The van der Waals surface area contributed by atoms with Crippen molar-refractivity contribution in [2.75, 3.05) is 25.5 Å². The van der Waals surface area contributed by atoms with Crippen molar-refractivity contribution in [3.8, 4) is 0 Å². The molecule has 2 aromatic rings. The molecule has 1 fully saturated rings. The van der Waals surface area contributed by atoms with E-state index in [1.165, 1.54) is 0 Å². The van der Waals surface area contributed by atoms with Crippen LogP contribution in [0.5, 0.6) is 0 Å². The van der Waals surface area contributed by atoms with Crippen LogP contribution in [0.2, 0.25) is 0 Å². The number of para-hydroxylation sites is 1. The molecule has 0 spiro atoms. The van der Waals surface area contributed by atoms with Crippen molar-refractivity contribution in [3.05, 3.63) is 35.9 Å². The summed E-state index contributed by atoms with van der Waals surface area (Å²) < 4.78 is 5.65. The quantitative estimate of drug-likeness (QED) is 0.868. The molecule has 0 unspecified atom stereocenters. The smallest absolute Gasteiger partial charge is 0.249 e. The third-order valence-electron chi connectivity index (χ3n) is 4.36. The second-order valence-corrected chi connectivity index (χ2v) is 6.33. The Bertz CT molecular complexity index is 732. The number of pyridine rings is 1. The summed E-state index contributed by atoms with van der Waals surface area (Å²) >= 11 is 0. The first-order chi connectivity index (χ1) is 11.6. The Hall–Kier alpha value is -2.18. The van der Waals surface area contributed by atoms with Gasteiger partial charge in [0.2, 0.25) is 5.91 Å². The van der Waals surface area contributed by atoms with Crippen molar-refractivity contribution < 1.29 is 9.53 Å². The molecule has 6 heteroatoms. The number of amides is 1. The van der Waals surface area contributed by atoms with Crippen molar-refractivity contribution in [1.82, 2.24) is 10.3 Å². The molecule has 0 aliphatic carbocycles. The number of nitrogens with one attached hydrogen (secondary N) is 1. The molecule has 1 aromatic heterocycles. The molecule has 2 heterocycles. The highest BCUT2D eigenvalue weighted by molar-refractivity contribution is 5.85. The molecule has 0 radical (unpaired) electrons. The monoisotopic (exact) mass is 328 g/mol. The number of rotatable bonds is 5. The number of fused-ring (bicyclic) bond motifs is 1. The molecule has 0 saturated carbocycles. The molecule has 0 bridgehead atoms. The SMILES string of the molecule is CN(C)c1cc(CNC(=O)[C@@H]2CC[C@H](CN)O2)c2ccccc2n1. The Morgan fingerprint density at radius 2 is 2.17 bits per heavy atom. The van der Waals surface area contributed by atoms with Crippen LogP contribution in [0.25, 0.3) is 10.9 Å². The third-order valence-corrected chi connectivity index (χ3v) is 4.36. The van der Waals surface area contributed by atoms with Gasteiger partial charge in [0.25, 0.3) is 0 Å². The van der Waals surface area contributed by atoms with Gasteiger partial charge in [0.1, 0.15) is 11.9 Å². The summed E-state index contributed by atoms with van der Waals surface area (Å²) in [7, 11) is 3.91. The predicted octanol–water partition coefficient (Wildman–Crippen LogP) is 1.42. The third kappa shape index (κ3) is 3.49. The highest BCUT2D eigenvalue weighted by Gasteiger charge is 2.29. The van der Waals surface area contributed by atoms with Gasteiger partial charge in [-0.3, -0.25) is 4.79 Å². The van der Waals surface area contributed by atoms with Crippen LogP contribution >= 0.6 is 0 Å². The van der Waals surface area contributed by atoms with Crippen molar-refractivity contribution in [1.29, 1.82) is 0 Å². The zero-order chi connectivity index (χ0) is 17.1. The van der Waals surface area contributed by atoms with Crippen LogP contribution < -0.4 is 16.0 Å². The van der Waals surface area contributed by atoms with Gasteiger partial charge in [-0.1, -0.05) is 18.2 Å².